The van der Waals surface area contributed by atoms with Gasteiger partial charge in [-0.05, 0) is 190 Å². The number of rotatable bonds is 27. The van der Waals surface area contributed by atoms with Gasteiger partial charge in [0, 0.05) is 127 Å². The molecule has 6 N–H and O–H groups in total. The van der Waals surface area contributed by atoms with Crippen molar-refractivity contribution in [3.05, 3.63) is 218 Å². The molecule has 5 aliphatic heterocycles. The molecule has 4 aromatic carbocycles. The summed E-state index contributed by atoms with van der Waals surface area (Å²) in [6.45, 7) is 16.2. The Bertz CT molecular complexity index is 6110. The molecular weight excluding hydrogens is 1930 g/mol. The van der Waals surface area contributed by atoms with Gasteiger partial charge in [-0.15, -0.1) is 44.7 Å². The third-order valence-electron chi connectivity index (χ3n) is 20.7. The van der Waals surface area contributed by atoms with Crippen molar-refractivity contribution < 1.29 is 73.9 Å². The van der Waals surface area contributed by atoms with Gasteiger partial charge in [0.15, 0.2) is 17.1 Å². The number of piperidine rings is 3. The summed E-state index contributed by atoms with van der Waals surface area (Å²) in [5.74, 6) is 17.7. The molecule has 0 unspecified atom stereocenters. The van der Waals surface area contributed by atoms with Gasteiger partial charge >= 0.3 is 29.6 Å². The molecule has 0 radical (unpaired) electrons. The minimum atomic E-state index is -3.89. The number of hydrazine groups is 3. The Kier molecular flexibility index (Phi) is 40.4. The summed E-state index contributed by atoms with van der Waals surface area (Å²) in [5.41, 5.74) is 14.4. The maximum Gasteiger partial charge on any atom is 1.00 e. The quantitative estimate of drug-likeness (QED) is 0.0121. The summed E-state index contributed by atoms with van der Waals surface area (Å²) < 4.78 is 95.4. The Hall–Kier alpha value is -6.78. The fourth-order valence-corrected chi connectivity index (χ4v) is 20.9. The van der Waals surface area contributed by atoms with Crippen molar-refractivity contribution in [1.82, 2.24) is 83.4 Å². The van der Waals surface area contributed by atoms with Crippen LogP contribution in [0.1, 0.15) is 198 Å². The number of aromatic nitrogens is 6. The first-order valence-corrected chi connectivity index (χ1v) is 51.2. The number of carbonyl (C=O) groups excluding carboxylic acids is 3. The number of halogens is 7. The molecule has 5 fully saturated rings. The van der Waals surface area contributed by atoms with Crippen molar-refractivity contribution in [2.45, 2.75) is 149 Å². The van der Waals surface area contributed by atoms with E-state index in [9.17, 15) is 39.6 Å². The third-order valence-corrected chi connectivity index (χ3v) is 28.9. The molecule has 0 aliphatic carbocycles. The molecule has 6 aromatic heterocycles. The van der Waals surface area contributed by atoms with E-state index in [4.69, 9.17) is 96.1 Å². The smallest absolute Gasteiger partial charge is 0.409 e. The summed E-state index contributed by atoms with van der Waals surface area (Å²) in [5, 5.41) is 22.7. The Morgan fingerprint density at radius 2 is 0.777 bits per heavy atom. The van der Waals surface area contributed by atoms with Gasteiger partial charge in [-0.25, -0.2) is 29.1 Å². The zero-order valence-electron chi connectivity index (χ0n) is 71.9. The molecule has 130 heavy (non-hydrogen) atoms. The summed E-state index contributed by atoms with van der Waals surface area (Å²) in [4.78, 5) is 45.7. The second-order valence-electron chi connectivity index (χ2n) is 30.2. The Labute approximate surface area is 830 Å². The van der Waals surface area contributed by atoms with Crippen LogP contribution in [-0.4, -0.2) is 153 Å². The number of benzene rings is 4. The molecule has 11 heterocycles. The second kappa shape index (κ2) is 50.7. The van der Waals surface area contributed by atoms with Gasteiger partial charge in [0.1, 0.15) is 13.5 Å². The van der Waals surface area contributed by atoms with Crippen LogP contribution in [0, 0.1) is 49.4 Å². The Morgan fingerprint density at radius 3 is 1.10 bits per heavy atom. The largest absolute Gasteiger partial charge is 1.00 e. The van der Waals surface area contributed by atoms with Crippen molar-refractivity contribution in [3.8, 4) is 84.3 Å². The normalized spacial score (nSPS) is 15.0. The first kappa shape index (κ1) is 104. The topological polar surface area (TPSA) is 305 Å². The van der Waals surface area contributed by atoms with E-state index in [-0.39, 0.29) is 79.7 Å². The zero-order valence-corrected chi connectivity index (χ0v) is 84.1. The first-order valence-electron chi connectivity index (χ1n) is 42.2. The van der Waals surface area contributed by atoms with Gasteiger partial charge in [-0.3, -0.25) is 30.7 Å². The van der Waals surface area contributed by atoms with E-state index in [1.165, 1.54) is 44.7 Å². The number of hydrogen-bond acceptors (Lipinski definition) is 20. The average Bonchev–Trinajstić information content (AvgIpc) is 1.61. The van der Waals surface area contributed by atoms with E-state index in [2.05, 4.69) is 98.8 Å². The fraction of sp³-hybridized carbons (Fsp3) is 0.371. The maximum atomic E-state index is 13.8. The van der Waals surface area contributed by atoms with E-state index in [1.54, 1.807) is 80.8 Å². The van der Waals surface area contributed by atoms with Crippen LogP contribution in [0.5, 0.6) is 0 Å². The number of nitrogens with zero attached hydrogens (tertiary/aromatic N) is 11. The zero-order chi connectivity index (χ0) is 91.7. The molecule has 5 saturated heterocycles. The molecular formula is C89H97Cl7N17NaO10S6-2. The van der Waals surface area contributed by atoms with Crippen LogP contribution in [0.4, 0.5) is 0 Å². The predicted molar refractivity (Wildman–Crippen MR) is 515 cm³/mol. The van der Waals surface area contributed by atoms with Crippen LogP contribution in [-0.2, 0) is 64.1 Å². The number of thiophene rings is 3. The van der Waals surface area contributed by atoms with Crippen LogP contribution in [0.15, 0.2) is 115 Å². The number of hydrogen-bond donors (Lipinski definition) is 6. The summed E-state index contributed by atoms with van der Waals surface area (Å²) in [6, 6.07) is 33.6. The van der Waals surface area contributed by atoms with E-state index in [0.29, 0.717) is 117 Å². The molecule has 0 saturated carbocycles. The van der Waals surface area contributed by atoms with Gasteiger partial charge in [0.2, 0.25) is 0 Å². The molecule has 5 aliphatic rings. The average molecular weight is 2030 g/mol. The van der Waals surface area contributed by atoms with Crippen LogP contribution >= 0.6 is 115 Å². The SMILES string of the molecule is CCCC#Cc1ccc(-c2c(CNS(=O)(=O)N3CCCC3)c(C(=O)NN3CCCCC3)nn2-c2ccc(Cl)cc2Cl)s1.CCCC#Cc1ccc(-c2c(CN[S-](=O)=O)c(C(=O)NN3CCCCC3)nn2-c2ccc(Cl)cc2Cl)s1.O=C(NN1CCCCC1)c1nn(-c2ccc(Cl)cc2Cl)c(-c2ccc(C#Cc3ccc(Cl)cc3)s2)c1CNS(=O)(=O)N1COC1.[CH2-]CCC[CH2-].[Na+]. The minimum absolute atomic E-state index is 0. The van der Waals surface area contributed by atoms with Crippen molar-refractivity contribution in [2.24, 2.45) is 0 Å². The van der Waals surface area contributed by atoms with Crippen LogP contribution in [0.2, 0.25) is 35.2 Å². The molecule has 15 rings (SSSR count). The van der Waals surface area contributed by atoms with Crippen LogP contribution in [0.25, 0.3) is 48.8 Å². The number of carbonyl (C=O) groups is 3. The van der Waals surface area contributed by atoms with Gasteiger partial charge in [-0.2, -0.15) is 58.7 Å². The molecule has 0 bridgehead atoms. The van der Waals surface area contributed by atoms with Gasteiger partial charge < -0.3 is 31.7 Å². The van der Waals surface area contributed by atoms with E-state index in [0.717, 1.165) is 170 Å². The van der Waals surface area contributed by atoms with Crippen molar-refractivity contribution in [3.63, 3.8) is 0 Å². The third kappa shape index (κ3) is 28.4. The summed E-state index contributed by atoms with van der Waals surface area (Å²) >= 11 is 48.7. The Morgan fingerprint density at radius 1 is 0.438 bits per heavy atom. The van der Waals surface area contributed by atoms with Crippen LogP contribution < -0.4 is 60.0 Å². The van der Waals surface area contributed by atoms with Crippen molar-refractivity contribution in [2.75, 3.05) is 65.8 Å². The number of nitrogens with one attached hydrogen (secondary N) is 6. The second-order valence-corrected chi connectivity index (χ2v) is 40.6. The van der Waals surface area contributed by atoms with Gasteiger partial charge in [-0.1, -0.05) is 150 Å². The van der Waals surface area contributed by atoms with E-state index in [1.807, 2.05) is 63.6 Å². The molecule has 0 spiro atoms. The minimum Gasteiger partial charge on any atom is -0.409 e. The van der Waals surface area contributed by atoms with Crippen molar-refractivity contribution >= 4 is 164 Å². The standard InChI is InChI=1S/C30H27Cl3N6O4S2.C29H34Cl2N6O3S2.C25H26Cl2N5O3S2.C5H10.Na/c31-21-7-4-20(5-8-21)6-10-23-11-13-27(44-23)29-24(17-34-45(41,42)38-18-43-19-38)28(30(40)36-37-14-2-1-3-15-37)35-39(29)26-12-9-22(32)16-25(26)33;1-2-3-5-10-22-12-14-26(41-22)28-23(20-32-42(39,40)36-17-8-9-18-36)27(29(38)34-35-15-6-4-7-16-35)33-37(28)25-13-11-21(30)19-24(25)31;1-2-3-5-8-18-10-12-22(36-18)24-19(16-28-37(34)35)23(25(33)30-31-13-6-4-7-14-31)29-32(24)21-11-9-17(26)15-20(21)27;1-3-5-4-2;/h4-5,7-9,11-13,16,34H,1-3,14-15,17-19H2,(H,36,40);11-14,19,32H,2-4,6-9,15-18,20H2,1H3,(H,34,38);9-12,15H,2-4,6-7,13-14,16H2,1H3,(H,30,33)(H,28,34,35);1-5H2;/q;;-1;-2;+1. The fourth-order valence-electron chi connectivity index (χ4n) is 14.1. The Balaban J connectivity index is 0.000000184. The molecule has 10 aromatic rings. The van der Waals surface area contributed by atoms with Crippen molar-refractivity contribution in [1.29, 1.82) is 0 Å². The molecule has 27 nitrogen and oxygen atoms in total. The number of unbranched alkanes of at least 4 members (excludes halogenated alkanes) is 4. The van der Waals surface area contributed by atoms with E-state index < -0.39 is 49.0 Å². The summed E-state index contributed by atoms with van der Waals surface area (Å²) in [6.07, 6.45) is 17.6. The predicted octanol–water partition coefficient (Wildman–Crippen LogP) is 15.6. The van der Waals surface area contributed by atoms with Gasteiger partial charge in [0.05, 0.1) is 78.5 Å². The van der Waals surface area contributed by atoms with Crippen LogP contribution in [0.3, 0.4) is 0 Å². The summed E-state index contributed by atoms with van der Waals surface area (Å²) in [7, 11) is -10.2. The number of ether oxygens (including phenoxy) is 1. The van der Waals surface area contributed by atoms with E-state index >= 15 is 0 Å². The first-order chi connectivity index (χ1) is 62.2. The molecule has 0 atom stereocenters. The molecule has 3 amide bonds. The van der Waals surface area contributed by atoms with Gasteiger partial charge in [0.25, 0.3) is 38.1 Å². The maximum absolute atomic E-state index is 13.8. The molecule has 41 heteroatoms. The monoisotopic (exact) mass is 2020 g/mol. The number of amides is 3. The molecule has 686 valence electrons.